The zero-order chi connectivity index (χ0) is 15.5. The predicted octanol–water partition coefficient (Wildman–Crippen LogP) is 1.64. The molecule has 1 aromatic heterocycles. The van der Waals surface area contributed by atoms with Gasteiger partial charge in [-0.25, -0.2) is 4.98 Å². The quantitative estimate of drug-likeness (QED) is 0.848. The number of nitrogens with zero attached hydrogens (tertiary/aromatic N) is 3. The summed E-state index contributed by atoms with van der Waals surface area (Å²) in [6.45, 7) is 10.2. The van der Waals surface area contributed by atoms with Gasteiger partial charge in [0.2, 0.25) is 0 Å². The Morgan fingerprint density at radius 2 is 2.05 bits per heavy atom. The van der Waals surface area contributed by atoms with Gasteiger partial charge < -0.3 is 9.64 Å². The first kappa shape index (κ1) is 15.4. The van der Waals surface area contributed by atoms with E-state index in [0.29, 0.717) is 32.0 Å². The standard InChI is InChI=1S/C17H25N3O2/c1-13(2)14-10-19(11-14)12-15-4-3-5-16(18-15)17(21)20-6-8-22-9-7-20/h3-5,13-14H,6-12H2,1-2H3. The lowest BCUT2D eigenvalue weighted by atomic mass is 9.88. The van der Waals surface area contributed by atoms with Crippen LogP contribution in [-0.4, -0.2) is 60.1 Å². The molecule has 2 aliphatic rings. The van der Waals surface area contributed by atoms with Gasteiger partial charge in [0.15, 0.2) is 0 Å². The molecule has 0 aliphatic carbocycles. The highest BCUT2D eigenvalue weighted by Crippen LogP contribution is 2.24. The lowest BCUT2D eigenvalue weighted by Gasteiger charge is -2.41. The molecule has 0 saturated carbocycles. The van der Waals surface area contributed by atoms with E-state index in [2.05, 4.69) is 23.7 Å². The Balaban J connectivity index is 1.59. The molecule has 3 heterocycles. The van der Waals surface area contributed by atoms with Gasteiger partial charge in [0.05, 0.1) is 18.9 Å². The molecule has 3 rings (SSSR count). The minimum atomic E-state index is 0.0221. The van der Waals surface area contributed by atoms with E-state index in [1.807, 2.05) is 23.1 Å². The monoisotopic (exact) mass is 303 g/mol. The summed E-state index contributed by atoms with van der Waals surface area (Å²) in [6.07, 6.45) is 0. The first-order valence-corrected chi connectivity index (χ1v) is 8.19. The Morgan fingerprint density at radius 3 is 2.73 bits per heavy atom. The van der Waals surface area contributed by atoms with Crippen molar-refractivity contribution in [1.29, 1.82) is 0 Å². The van der Waals surface area contributed by atoms with Crippen LogP contribution in [0.4, 0.5) is 0 Å². The summed E-state index contributed by atoms with van der Waals surface area (Å²) in [6, 6.07) is 5.77. The number of pyridine rings is 1. The minimum absolute atomic E-state index is 0.0221. The van der Waals surface area contributed by atoms with Crippen molar-refractivity contribution in [3.63, 3.8) is 0 Å². The molecule has 2 saturated heterocycles. The Morgan fingerprint density at radius 1 is 1.32 bits per heavy atom. The van der Waals surface area contributed by atoms with E-state index in [4.69, 9.17) is 4.74 Å². The summed E-state index contributed by atoms with van der Waals surface area (Å²) in [7, 11) is 0. The molecular formula is C17H25N3O2. The number of hydrogen-bond acceptors (Lipinski definition) is 4. The summed E-state index contributed by atoms with van der Waals surface area (Å²) in [5, 5.41) is 0. The highest BCUT2D eigenvalue weighted by atomic mass is 16.5. The zero-order valence-electron chi connectivity index (χ0n) is 13.5. The summed E-state index contributed by atoms with van der Waals surface area (Å²) in [5.41, 5.74) is 1.54. The molecule has 5 heteroatoms. The van der Waals surface area contributed by atoms with Gasteiger partial charge in [-0.2, -0.15) is 0 Å². The summed E-state index contributed by atoms with van der Waals surface area (Å²) >= 11 is 0. The van der Waals surface area contributed by atoms with E-state index >= 15 is 0 Å². The molecule has 0 bridgehead atoms. The number of amides is 1. The SMILES string of the molecule is CC(C)C1CN(Cc2cccc(C(=O)N3CCOCC3)n2)C1. The van der Waals surface area contributed by atoms with E-state index in [-0.39, 0.29) is 5.91 Å². The first-order chi connectivity index (χ1) is 10.6. The van der Waals surface area contributed by atoms with E-state index in [9.17, 15) is 4.79 Å². The second-order valence-corrected chi connectivity index (χ2v) is 6.62. The second kappa shape index (κ2) is 6.75. The summed E-state index contributed by atoms with van der Waals surface area (Å²) in [5.74, 6) is 1.57. The van der Waals surface area contributed by atoms with Gasteiger partial charge in [-0.3, -0.25) is 9.69 Å². The number of morpholine rings is 1. The van der Waals surface area contributed by atoms with Crippen LogP contribution in [0, 0.1) is 11.8 Å². The maximum Gasteiger partial charge on any atom is 0.272 e. The van der Waals surface area contributed by atoms with Gasteiger partial charge in [-0.05, 0) is 24.0 Å². The lowest BCUT2D eigenvalue weighted by molar-refractivity contribution is 0.0298. The van der Waals surface area contributed by atoms with Crippen molar-refractivity contribution in [1.82, 2.24) is 14.8 Å². The molecule has 120 valence electrons. The highest BCUT2D eigenvalue weighted by Gasteiger charge is 2.29. The molecule has 0 N–H and O–H groups in total. The van der Waals surface area contributed by atoms with E-state index < -0.39 is 0 Å². The molecule has 2 fully saturated rings. The number of carbonyl (C=O) groups is 1. The van der Waals surface area contributed by atoms with E-state index in [1.165, 1.54) is 0 Å². The lowest BCUT2D eigenvalue weighted by Crippen LogP contribution is -2.48. The van der Waals surface area contributed by atoms with E-state index in [0.717, 1.165) is 37.2 Å². The molecular weight excluding hydrogens is 278 g/mol. The Labute approximate surface area is 132 Å². The Kier molecular flexibility index (Phi) is 4.74. The van der Waals surface area contributed by atoms with E-state index in [1.54, 1.807) is 0 Å². The van der Waals surface area contributed by atoms with Crippen LogP contribution in [0.2, 0.25) is 0 Å². The zero-order valence-corrected chi connectivity index (χ0v) is 13.5. The Bertz CT molecular complexity index is 520. The van der Waals surface area contributed by atoms with Crippen molar-refractivity contribution in [3.05, 3.63) is 29.6 Å². The van der Waals surface area contributed by atoms with Gasteiger partial charge >= 0.3 is 0 Å². The van der Waals surface area contributed by atoms with Crippen LogP contribution in [0.5, 0.6) is 0 Å². The van der Waals surface area contributed by atoms with Gasteiger partial charge in [0.25, 0.3) is 5.91 Å². The third kappa shape index (κ3) is 3.47. The fourth-order valence-corrected chi connectivity index (χ4v) is 3.00. The largest absolute Gasteiger partial charge is 0.378 e. The van der Waals surface area contributed by atoms with Crippen molar-refractivity contribution in [2.75, 3.05) is 39.4 Å². The molecule has 2 aliphatic heterocycles. The average molecular weight is 303 g/mol. The van der Waals surface area contributed by atoms with Crippen LogP contribution in [0.15, 0.2) is 18.2 Å². The summed E-state index contributed by atoms with van der Waals surface area (Å²) in [4.78, 5) is 21.2. The van der Waals surface area contributed by atoms with Crippen molar-refractivity contribution in [2.24, 2.45) is 11.8 Å². The molecule has 0 atom stereocenters. The maximum atomic E-state index is 12.5. The van der Waals surface area contributed by atoms with Crippen LogP contribution in [-0.2, 0) is 11.3 Å². The molecule has 0 spiro atoms. The van der Waals surface area contributed by atoms with Crippen molar-refractivity contribution in [3.8, 4) is 0 Å². The van der Waals surface area contributed by atoms with Crippen LogP contribution in [0.1, 0.15) is 30.0 Å². The fourth-order valence-electron chi connectivity index (χ4n) is 3.00. The first-order valence-electron chi connectivity index (χ1n) is 8.19. The van der Waals surface area contributed by atoms with Gasteiger partial charge in [0, 0.05) is 32.7 Å². The number of hydrogen-bond donors (Lipinski definition) is 0. The van der Waals surface area contributed by atoms with Gasteiger partial charge in [-0.1, -0.05) is 19.9 Å². The number of carbonyl (C=O) groups excluding carboxylic acids is 1. The highest BCUT2D eigenvalue weighted by molar-refractivity contribution is 5.92. The van der Waals surface area contributed by atoms with Gasteiger partial charge in [-0.15, -0.1) is 0 Å². The molecule has 1 amide bonds. The van der Waals surface area contributed by atoms with Crippen LogP contribution >= 0.6 is 0 Å². The Hall–Kier alpha value is -1.46. The van der Waals surface area contributed by atoms with Crippen LogP contribution < -0.4 is 0 Å². The van der Waals surface area contributed by atoms with Crippen molar-refractivity contribution in [2.45, 2.75) is 20.4 Å². The van der Waals surface area contributed by atoms with Crippen molar-refractivity contribution < 1.29 is 9.53 Å². The smallest absolute Gasteiger partial charge is 0.272 e. The van der Waals surface area contributed by atoms with Crippen LogP contribution in [0.25, 0.3) is 0 Å². The number of rotatable bonds is 4. The normalized spacial score (nSPS) is 20.2. The molecule has 22 heavy (non-hydrogen) atoms. The predicted molar refractivity (Wildman–Crippen MR) is 84.6 cm³/mol. The number of aromatic nitrogens is 1. The van der Waals surface area contributed by atoms with Crippen molar-refractivity contribution >= 4 is 5.91 Å². The molecule has 5 nitrogen and oxygen atoms in total. The molecule has 0 unspecified atom stereocenters. The minimum Gasteiger partial charge on any atom is -0.378 e. The third-order valence-corrected chi connectivity index (χ3v) is 4.64. The molecule has 1 aromatic rings. The molecule has 0 radical (unpaired) electrons. The topological polar surface area (TPSA) is 45.7 Å². The third-order valence-electron chi connectivity index (χ3n) is 4.64. The second-order valence-electron chi connectivity index (χ2n) is 6.62. The average Bonchev–Trinajstić information content (AvgIpc) is 2.50. The van der Waals surface area contributed by atoms with Crippen LogP contribution in [0.3, 0.4) is 0 Å². The fraction of sp³-hybridized carbons (Fsp3) is 0.647. The number of likely N-dealkylation sites (tertiary alicyclic amines) is 1. The molecule has 0 aromatic carbocycles. The van der Waals surface area contributed by atoms with Gasteiger partial charge in [0.1, 0.15) is 5.69 Å². The maximum absolute atomic E-state index is 12.5. The number of ether oxygens (including phenoxy) is 1. The summed E-state index contributed by atoms with van der Waals surface area (Å²) < 4.78 is 5.29.